The molecule has 4 nitrogen and oxygen atoms in total. The number of hydrogen-bond acceptors (Lipinski definition) is 3. The Kier molecular flexibility index (Phi) is 3.46. The number of carboxylic acid groups (broad SMARTS) is 1. The second kappa shape index (κ2) is 5.41. The predicted molar refractivity (Wildman–Crippen MR) is 75.6 cm³/mol. The summed E-state index contributed by atoms with van der Waals surface area (Å²) in [4.78, 5) is 19.5. The summed E-state index contributed by atoms with van der Waals surface area (Å²) in [6, 6.07) is 7.35. The zero-order chi connectivity index (χ0) is 13.9. The molecule has 0 saturated heterocycles. The van der Waals surface area contributed by atoms with Crippen molar-refractivity contribution in [3.05, 3.63) is 47.9 Å². The summed E-state index contributed by atoms with van der Waals surface area (Å²) >= 11 is 0. The molecule has 1 saturated carbocycles. The van der Waals surface area contributed by atoms with Crippen molar-refractivity contribution in [2.75, 3.05) is 0 Å². The second-order valence-electron chi connectivity index (χ2n) is 5.18. The van der Waals surface area contributed by atoms with Gasteiger partial charge in [-0.3, -0.25) is 0 Å². The van der Waals surface area contributed by atoms with Gasteiger partial charge in [0.1, 0.15) is 6.33 Å². The molecule has 0 bridgehead atoms. The summed E-state index contributed by atoms with van der Waals surface area (Å²) in [7, 11) is 0. The van der Waals surface area contributed by atoms with Crippen LogP contribution >= 0.6 is 0 Å². The molecular formula is C16H16N2O2. The van der Waals surface area contributed by atoms with Gasteiger partial charge in [-0.2, -0.15) is 0 Å². The molecule has 1 fully saturated rings. The number of benzene rings is 1. The van der Waals surface area contributed by atoms with Crippen LogP contribution in [0.4, 0.5) is 0 Å². The van der Waals surface area contributed by atoms with Gasteiger partial charge in [0.2, 0.25) is 0 Å². The minimum absolute atomic E-state index is 0.364. The molecule has 1 heterocycles. The van der Waals surface area contributed by atoms with Gasteiger partial charge in [0.15, 0.2) is 0 Å². The highest BCUT2D eigenvalue weighted by Crippen LogP contribution is 2.37. The van der Waals surface area contributed by atoms with Crippen molar-refractivity contribution in [2.45, 2.75) is 31.6 Å². The van der Waals surface area contributed by atoms with Crippen LogP contribution in [0.15, 0.2) is 36.8 Å². The van der Waals surface area contributed by atoms with Crippen LogP contribution in [-0.4, -0.2) is 21.0 Å². The van der Waals surface area contributed by atoms with E-state index in [-0.39, 0.29) is 0 Å². The maximum absolute atomic E-state index is 11.4. The number of aromatic nitrogens is 2. The van der Waals surface area contributed by atoms with Gasteiger partial charge in [0.05, 0.1) is 11.3 Å². The lowest BCUT2D eigenvalue weighted by atomic mass is 9.90. The van der Waals surface area contributed by atoms with Crippen molar-refractivity contribution in [2.24, 2.45) is 0 Å². The average Bonchev–Trinajstić information content (AvgIpc) is 3.01. The molecule has 0 aliphatic heterocycles. The van der Waals surface area contributed by atoms with E-state index in [2.05, 4.69) is 9.97 Å². The Balaban J connectivity index is 2.06. The predicted octanol–water partition coefficient (Wildman–Crippen LogP) is 3.50. The molecule has 0 radical (unpaired) electrons. The summed E-state index contributed by atoms with van der Waals surface area (Å²) < 4.78 is 0. The third-order valence-electron chi connectivity index (χ3n) is 3.95. The first kappa shape index (κ1) is 12.8. The highest BCUT2D eigenvalue weighted by Gasteiger charge is 2.23. The van der Waals surface area contributed by atoms with E-state index in [0.717, 1.165) is 29.7 Å². The Bertz CT molecular complexity index is 620. The molecule has 2 aromatic rings. The Morgan fingerprint density at radius 3 is 2.65 bits per heavy atom. The van der Waals surface area contributed by atoms with Crippen molar-refractivity contribution in [1.82, 2.24) is 9.97 Å². The normalized spacial score (nSPS) is 15.4. The number of hydrogen-bond donors (Lipinski definition) is 1. The minimum Gasteiger partial charge on any atom is -0.478 e. The van der Waals surface area contributed by atoms with E-state index in [0.29, 0.717) is 11.5 Å². The number of aromatic carboxylic acids is 1. The highest BCUT2D eigenvalue weighted by molar-refractivity contribution is 5.90. The smallest absolute Gasteiger partial charge is 0.335 e. The molecule has 102 valence electrons. The van der Waals surface area contributed by atoms with E-state index in [4.69, 9.17) is 0 Å². The molecule has 4 heteroatoms. The fourth-order valence-corrected chi connectivity index (χ4v) is 2.95. The van der Waals surface area contributed by atoms with E-state index in [1.54, 1.807) is 12.3 Å². The van der Waals surface area contributed by atoms with Gasteiger partial charge in [-0.15, -0.1) is 0 Å². The maximum atomic E-state index is 11.4. The molecule has 1 aromatic heterocycles. The van der Waals surface area contributed by atoms with Gasteiger partial charge in [0.25, 0.3) is 0 Å². The topological polar surface area (TPSA) is 63.1 Å². The third-order valence-corrected chi connectivity index (χ3v) is 3.95. The van der Waals surface area contributed by atoms with Crippen LogP contribution in [0.2, 0.25) is 0 Å². The van der Waals surface area contributed by atoms with Crippen LogP contribution in [0.3, 0.4) is 0 Å². The van der Waals surface area contributed by atoms with Crippen LogP contribution in [0.5, 0.6) is 0 Å². The standard InChI is InChI=1S/C16H16N2O2/c19-16(20)13-6-5-12(15-7-8-17-10-18-15)9-14(13)11-3-1-2-4-11/h5-11H,1-4H2,(H,19,20). The monoisotopic (exact) mass is 268 g/mol. The second-order valence-corrected chi connectivity index (χ2v) is 5.18. The fraction of sp³-hybridized carbons (Fsp3) is 0.312. The first-order valence-electron chi connectivity index (χ1n) is 6.89. The van der Waals surface area contributed by atoms with E-state index in [1.165, 1.54) is 19.2 Å². The van der Waals surface area contributed by atoms with E-state index >= 15 is 0 Å². The van der Waals surface area contributed by atoms with Gasteiger partial charge < -0.3 is 5.11 Å². The highest BCUT2D eigenvalue weighted by atomic mass is 16.4. The molecule has 1 aliphatic carbocycles. The third kappa shape index (κ3) is 2.41. The van der Waals surface area contributed by atoms with Gasteiger partial charge in [0, 0.05) is 11.8 Å². The fourth-order valence-electron chi connectivity index (χ4n) is 2.95. The lowest BCUT2D eigenvalue weighted by Gasteiger charge is -2.14. The van der Waals surface area contributed by atoms with Crippen LogP contribution in [0.1, 0.15) is 47.5 Å². The Hall–Kier alpha value is -2.23. The van der Waals surface area contributed by atoms with Crippen LogP contribution in [0, 0.1) is 0 Å². The van der Waals surface area contributed by atoms with Crippen molar-refractivity contribution in [1.29, 1.82) is 0 Å². The van der Waals surface area contributed by atoms with Gasteiger partial charge in [-0.25, -0.2) is 14.8 Å². The minimum atomic E-state index is -0.846. The molecule has 0 unspecified atom stereocenters. The number of carboxylic acids is 1. The number of rotatable bonds is 3. The van der Waals surface area contributed by atoms with Gasteiger partial charge >= 0.3 is 5.97 Å². The summed E-state index contributed by atoms with van der Waals surface area (Å²) in [6.45, 7) is 0. The van der Waals surface area contributed by atoms with E-state index in [1.807, 2.05) is 18.2 Å². The summed E-state index contributed by atoms with van der Waals surface area (Å²) in [6.07, 6.45) is 7.72. The van der Waals surface area contributed by atoms with Gasteiger partial charge in [-0.05, 0) is 42.5 Å². The SMILES string of the molecule is O=C(O)c1ccc(-c2ccncn2)cc1C1CCCC1. The molecule has 0 spiro atoms. The van der Waals surface area contributed by atoms with Crippen molar-refractivity contribution >= 4 is 5.97 Å². The average molecular weight is 268 g/mol. The zero-order valence-corrected chi connectivity index (χ0v) is 11.1. The molecular weight excluding hydrogens is 252 g/mol. The molecule has 20 heavy (non-hydrogen) atoms. The largest absolute Gasteiger partial charge is 0.478 e. The van der Waals surface area contributed by atoms with Crippen molar-refractivity contribution in [3.8, 4) is 11.3 Å². The summed E-state index contributed by atoms with van der Waals surface area (Å²) in [5.74, 6) is -0.482. The summed E-state index contributed by atoms with van der Waals surface area (Å²) in [5, 5.41) is 9.36. The lowest BCUT2D eigenvalue weighted by Crippen LogP contribution is -2.06. The molecule has 1 aromatic carbocycles. The Morgan fingerprint density at radius 1 is 1.20 bits per heavy atom. The van der Waals surface area contributed by atoms with Crippen LogP contribution in [0.25, 0.3) is 11.3 Å². The molecule has 0 amide bonds. The van der Waals surface area contributed by atoms with Crippen LogP contribution < -0.4 is 0 Å². The van der Waals surface area contributed by atoms with Crippen LogP contribution in [-0.2, 0) is 0 Å². The molecule has 3 rings (SSSR count). The van der Waals surface area contributed by atoms with E-state index < -0.39 is 5.97 Å². The number of nitrogens with zero attached hydrogens (tertiary/aromatic N) is 2. The van der Waals surface area contributed by atoms with Crippen molar-refractivity contribution in [3.63, 3.8) is 0 Å². The first-order valence-corrected chi connectivity index (χ1v) is 6.89. The molecule has 1 aliphatic rings. The summed E-state index contributed by atoms with van der Waals surface area (Å²) in [5.41, 5.74) is 3.16. The van der Waals surface area contributed by atoms with Gasteiger partial charge in [-0.1, -0.05) is 18.9 Å². The molecule has 0 atom stereocenters. The Morgan fingerprint density at radius 2 is 2.00 bits per heavy atom. The Labute approximate surface area is 117 Å². The lowest BCUT2D eigenvalue weighted by molar-refractivity contribution is 0.0695. The quantitative estimate of drug-likeness (QED) is 0.925. The van der Waals surface area contributed by atoms with E-state index in [9.17, 15) is 9.90 Å². The maximum Gasteiger partial charge on any atom is 0.335 e. The first-order chi connectivity index (χ1) is 9.75. The van der Waals surface area contributed by atoms with Crippen molar-refractivity contribution < 1.29 is 9.90 Å². The zero-order valence-electron chi connectivity index (χ0n) is 11.1. The molecule has 1 N–H and O–H groups in total. The number of carbonyl (C=O) groups is 1.